The summed E-state index contributed by atoms with van der Waals surface area (Å²) in [5.41, 5.74) is 1.08. The molecule has 0 radical (unpaired) electrons. The van der Waals surface area contributed by atoms with E-state index < -0.39 is 0 Å². The summed E-state index contributed by atoms with van der Waals surface area (Å²) in [6, 6.07) is 11.6. The van der Waals surface area contributed by atoms with Gasteiger partial charge in [0.15, 0.2) is 0 Å². The predicted octanol–water partition coefficient (Wildman–Crippen LogP) is 2.69. The number of amides is 1. The van der Waals surface area contributed by atoms with Crippen LogP contribution in [0.15, 0.2) is 42.1 Å². The van der Waals surface area contributed by atoms with Gasteiger partial charge in [0.1, 0.15) is 11.6 Å². The molecule has 4 heteroatoms. The molecule has 0 saturated heterocycles. The van der Waals surface area contributed by atoms with Gasteiger partial charge in [-0.3, -0.25) is 4.79 Å². The molecule has 1 aromatic carbocycles. The van der Waals surface area contributed by atoms with Crippen LogP contribution in [-0.4, -0.2) is 19.0 Å². The van der Waals surface area contributed by atoms with Crippen molar-refractivity contribution in [2.45, 2.75) is 20.8 Å². The van der Waals surface area contributed by atoms with Crippen molar-refractivity contribution in [1.82, 2.24) is 5.32 Å². The molecule has 0 heterocycles. The van der Waals surface area contributed by atoms with E-state index in [-0.39, 0.29) is 11.5 Å². The number of hydrogen-bond acceptors (Lipinski definition) is 3. The molecule has 20 heavy (non-hydrogen) atoms. The molecule has 0 spiro atoms. The summed E-state index contributed by atoms with van der Waals surface area (Å²) < 4.78 is 0. The zero-order valence-electron chi connectivity index (χ0n) is 12.3. The molecule has 0 saturated carbocycles. The van der Waals surface area contributed by atoms with E-state index in [2.05, 4.69) is 5.32 Å². The van der Waals surface area contributed by atoms with Gasteiger partial charge in [-0.15, -0.1) is 0 Å². The van der Waals surface area contributed by atoms with Crippen molar-refractivity contribution in [2.24, 2.45) is 5.92 Å². The van der Waals surface area contributed by atoms with Crippen molar-refractivity contribution in [3.8, 4) is 6.07 Å². The lowest BCUT2D eigenvalue weighted by molar-refractivity contribution is -0.117. The van der Waals surface area contributed by atoms with Crippen LogP contribution in [0.5, 0.6) is 0 Å². The van der Waals surface area contributed by atoms with Crippen molar-refractivity contribution >= 4 is 11.6 Å². The average Bonchev–Trinajstić information content (AvgIpc) is 2.47. The molecule has 0 aromatic heterocycles. The first kappa shape index (κ1) is 15.8. The quantitative estimate of drug-likeness (QED) is 0.639. The number of para-hydroxylation sites is 1. The van der Waals surface area contributed by atoms with Crippen molar-refractivity contribution in [3.63, 3.8) is 0 Å². The van der Waals surface area contributed by atoms with Crippen molar-refractivity contribution < 1.29 is 4.79 Å². The number of anilines is 1. The molecular weight excluding hydrogens is 250 g/mol. The molecule has 1 aromatic rings. The fourth-order valence-corrected chi connectivity index (χ4v) is 1.65. The van der Waals surface area contributed by atoms with Crippen molar-refractivity contribution in [1.29, 1.82) is 5.26 Å². The van der Waals surface area contributed by atoms with Crippen LogP contribution >= 0.6 is 0 Å². The summed E-state index contributed by atoms with van der Waals surface area (Å²) in [4.78, 5) is 13.8. The summed E-state index contributed by atoms with van der Waals surface area (Å²) in [6.45, 7) is 7.25. The van der Waals surface area contributed by atoms with E-state index in [4.69, 9.17) is 5.26 Å². The van der Waals surface area contributed by atoms with Gasteiger partial charge in [-0.25, -0.2) is 0 Å². The minimum atomic E-state index is -0.324. The fourth-order valence-electron chi connectivity index (χ4n) is 1.65. The third-order valence-corrected chi connectivity index (χ3v) is 2.75. The second-order valence-corrected chi connectivity index (χ2v) is 4.88. The van der Waals surface area contributed by atoms with Crippen LogP contribution in [-0.2, 0) is 4.79 Å². The Hall–Kier alpha value is -2.28. The maximum absolute atomic E-state index is 11.9. The lowest BCUT2D eigenvalue weighted by Crippen LogP contribution is -2.29. The van der Waals surface area contributed by atoms with Crippen LogP contribution in [0.25, 0.3) is 0 Å². The Kier molecular flexibility index (Phi) is 6.31. The van der Waals surface area contributed by atoms with E-state index in [0.717, 1.165) is 5.69 Å². The molecule has 1 amide bonds. The maximum atomic E-state index is 11.9. The van der Waals surface area contributed by atoms with Gasteiger partial charge in [-0.05, 0) is 25.0 Å². The number of hydrogen-bond donors (Lipinski definition) is 1. The average molecular weight is 271 g/mol. The van der Waals surface area contributed by atoms with Gasteiger partial charge in [0.05, 0.1) is 0 Å². The van der Waals surface area contributed by atoms with E-state index in [9.17, 15) is 4.79 Å². The van der Waals surface area contributed by atoms with Gasteiger partial charge in [-0.1, -0.05) is 32.0 Å². The summed E-state index contributed by atoms with van der Waals surface area (Å²) >= 11 is 0. The zero-order chi connectivity index (χ0) is 15.0. The third-order valence-electron chi connectivity index (χ3n) is 2.75. The summed E-state index contributed by atoms with van der Waals surface area (Å²) in [5.74, 6) is 0.0332. The molecule has 0 bridgehead atoms. The van der Waals surface area contributed by atoms with Crippen molar-refractivity contribution in [3.05, 3.63) is 42.1 Å². The fraction of sp³-hybridized carbons (Fsp3) is 0.375. The first-order valence-corrected chi connectivity index (χ1v) is 6.80. The molecule has 106 valence electrons. The highest BCUT2D eigenvalue weighted by Crippen LogP contribution is 2.14. The highest BCUT2D eigenvalue weighted by Gasteiger charge is 2.11. The molecule has 4 nitrogen and oxygen atoms in total. The van der Waals surface area contributed by atoms with Gasteiger partial charge in [-0.2, -0.15) is 5.26 Å². The summed E-state index contributed by atoms with van der Waals surface area (Å²) in [5, 5.41) is 11.9. The Labute approximate surface area is 120 Å². The van der Waals surface area contributed by atoms with E-state index in [1.807, 2.05) is 62.1 Å². The van der Waals surface area contributed by atoms with E-state index in [1.54, 1.807) is 6.20 Å². The second kappa shape index (κ2) is 8.00. The van der Waals surface area contributed by atoms with Crippen LogP contribution < -0.4 is 10.2 Å². The molecule has 0 unspecified atom stereocenters. The standard InChI is InChI=1S/C16H21N3O/c1-4-19(15-8-6-5-7-9-15)12-14(10-17)16(20)18-11-13(2)3/h5-9,12-13H,4,11H2,1-3H3,(H,18,20)/b14-12-. The lowest BCUT2D eigenvalue weighted by atomic mass is 10.2. The molecule has 0 aliphatic heterocycles. The lowest BCUT2D eigenvalue weighted by Gasteiger charge is -2.19. The number of rotatable bonds is 6. The maximum Gasteiger partial charge on any atom is 0.263 e. The smallest absolute Gasteiger partial charge is 0.263 e. The van der Waals surface area contributed by atoms with Crippen LogP contribution in [0.3, 0.4) is 0 Å². The van der Waals surface area contributed by atoms with Gasteiger partial charge in [0.2, 0.25) is 0 Å². The number of carbonyl (C=O) groups is 1. The topological polar surface area (TPSA) is 56.1 Å². The minimum absolute atomic E-state index is 0.122. The van der Waals surface area contributed by atoms with Gasteiger partial charge in [0.25, 0.3) is 5.91 Å². The van der Waals surface area contributed by atoms with E-state index in [0.29, 0.717) is 19.0 Å². The van der Waals surface area contributed by atoms with Crippen molar-refractivity contribution in [2.75, 3.05) is 18.0 Å². The molecule has 0 fully saturated rings. The number of nitrogens with zero attached hydrogens (tertiary/aromatic N) is 2. The third kappa shape index (κ3) is 4.77. The van der Waals surface area contributed by atoms with Crippen LogP contribution in [0.1, 0.15) is 20.8 Å². The van der Waals surface area contributed by atoms with Crippen LogP contribution in [0.4, 0.5) is 5.69 Å². The van der Waals surface area contributed by atoms with Crippen LogP contribution in [0.2, 0.25) is 0 Å². The molecule has 1 N–H and O–H groups in total. The molecular formula is C16H21N3O. The van der Waals surface area contributed by atoms with Gasteiger partial charge in [0, 0.05) is 25.0 Å². The normalized spacial score (nSPS) is 11.1. The molecule has 1 rings (SSSR count). The Morgan fingerprint density at radius 2 is 2.05 bits per heavy atom. The Morgan fingerprint density at radius 3 is 2.55 bits per heavy atom. The van der Waals surface area contributed by atoms with E-state index >= 15 is 0 Å². The first-order valence-electron chi connectivity index (χ1n) is 6.80. The summed E-state index contributed by atoms with van der Waals surface area (Å²) in [6.07, 6.45) is 1.60. The highest BCUT2D eigenvalue weighted by atomic mass is 16.1. The first-order chi connectivity index (χ1) is 9.58. The summed E-state index contributed by atoms with van der Waals surface area (Å²) in [7, 11) is 0. The second-order valence-electron chi connectivity index (χ2n) is 4.88. The zero-order valence-corrected chi connectivity index (χ0v) is 12.3. The minimum Gasteiger partial charge on any atom is -0.351 e. The molecule has 0 atom stereocenters. The molecule has 0 aliphatic carbocycles. The van der Waals surface area contributed by atoms with Gasteiger partial charge < -0.3 is 10.2 Å². The monoisotopic (exact) mass is 271 g/mol. The SMILES string of the molecule is CCN(/C=C(/C#N)C(=O)NCC(C)C)c1ccccc1. The van der Waals surface area contributed by atoms with Gasteiger partial charge >= 0.3 is 0 Å². The number of carbonyl (C=O) groups excluding carboxylic acids is 1. The Morgan fingerprint density at radius 1 is 1.40 bits per heavy atom. The predicted molar refractivity (Wildman–Crippen MR) is 81.0 cm³/mol. The largest absolute Gasteiger partial charge is 0.351 e. The Bertz CT molecular complexity index is 500. The number of benzene rings is 1. The Balaban J connectivity index is 2.86. The molecule has 0 aliphatic rings. The highest BCUT2D eigenvalue weighted by molar-refractivity contribution is 5.97. The number of nitrogens with one attached hydrogen (secondary N) is 1. The van der Waals surface area contributed by atoms with E-state index in [1.165, 1.54) is 0 Å². The number of nitriles is 1. The van der Waals surface area contributed by atoms with Crippen LogP contribution in [0, 0.1) is 17.2 Å².